The molecule has 3 atom stereocenters. The lowest BCUT2D eigenvalue weighted by Crippen LogP contribution is -3.19. The first-order valence-corrected chi connectivity index (χ1v) is 10.7. The van der Waals surface area contributed by atoms with Crippen molar-refractivity contribution in [2.75, 3.05) is 37.7 Å². The summed E-state index contributed by atoms with van der Waals surface area (Å²) < 4.78 is 5.78. The minimum atomic E-state index is 0.0170. The maximum Gasteiger partial charge on any atom is 0.278 e. The number of nitrogens with zero attached hydrogens (tertiary/aromatic N) is 1. The van der Waals surface area contributed by atoms with Gasteiger partial charge in [-0.2, -0.15) is 0 Å². The molecule has 5 nitrogen and oxygen atoms in total. The van der Waals surface area contributed by atoms with Crippen LogP contribution in [-0.2, 0) is 4.79 Å². The van der Waals surface area contributed by atoms with Crippen LogP contribution in [0.2, 0.25) is 0 Å². The zero-order valence-electron chi connectivity index (χ0n) is 17.2. The number of anilines is 1. The number of hydrogen-bond acceptors (Lipinski definition) is 3. The lowest BCUT2D eigenvalue weighted by Gasteiger charge is -2.37. The summed E-state index contributed by atoms with van der Waals surface area (Å²) in [5.74, 6) is 1.80. The molecule has 0 spiro atoms. The summed E-state index contributed by atoms with van der Waals surface area (Å²) >= 11 is 0. The minimum absolute atomic E-state index is 0.0170. The Hall–Kier alpha value is -1.75. The molecular formula is C22H36N3O2+. The van der Waals surface area contributed by atoms with E-state index in [4.69, 9.17) is 4.74 Å². The zero-order valence-corrected chi connectivity index (χ0v) is 17.2. The molecule has 1 saturated heterocycles. The normalized spacial score (nSPS) is 25.1. The van der Waals surface area contributed by atoms with Crippen molar-refractivity contribution in [3.63, 3.8) is 0 Å². The van der Waals surface area contributed by atoms with Crippen LogP contribution in [0.3, 0.4) is 0 Å². The van der Waals surface area contributed by atoms with Crippen LogP contribution in [-0.4, -0.2) is 50.8 Å². The van der Waals surface area contributed by atoms with E-state index in [0.717, 1.165) is 38.3 Å². The predicted octanol–water partition coefficient (Wildman–Crippen LogP) is 1.87. The fraction of sp³-hybridized carbons (Fsp3) is 0.682. The number of nitrogens with one attached hydrogen (secondary N) is 2. The number of hydrogen-bond donors (Lipinski definition) is 2. The van der Waals surface area contributed by atoms with Crippen molar-refractivity contribution >= 4 is 11.6 Å². The van der Waals surface area contributed by atoms with Crippen LogP contribution in [0.4, 0.5) is 5.69 Å². The number of carbonyl (C=O) groups is 1. The molecule has 1 amide bonds. The number of carbonyl (C=O) groups excluding carboxylic acids is 1. The Morgan fingerprint density at radius 2 is 1.96 bits per heavy atom. The van der Waals surface area contributed by atoms with Gasteiger partial charge in [0.1, 0.15) is 5.75 Å². The Kier molecular flexibility index (Phi) is 7.00. The monoisotopic (exact) mass is 374 g/mol. The average molecular weight is 375 g/mol. The molecule has 1 aromatic carbocycles. The molecule has 1 aliphatic heterocycles. The smallest absolute Gasteiger partial charge is 0.278 e. The van der Waals surface area contributed by atoms with Crippen LogP contribution >= 0.6 is 0 Å². The predicted molar refractivity (Wildman–Crippen MR) is 110 cm³/mol. The van der Waals surface area contributed by atoms with E-state index >= 15 is 0 Å². The number of ether oxygens (including phenoxy) is 1. The second kappa shape index (κ2) is 9.45. The molecule has 0 unspecified atom stereocenters. The van der Waals surface area contributed by atoms with E-state index in [1.54, 1.807) is 0 Å². The quantitative estimate of drug-likeness (QED) is 0.799. The third-order valence-corrected chi connectivity index (χ3v) is 6.36. The van der Waals surface area contributed by atoms with Crippen molar-refractivity contribution in [3.8, 4) is 5.75 Å². The maximum absolute atomic E-state index is 12.8. The van der Waals surface area contributed by atoms with Gasteiger partial charge < -0.3 is 19.9 Å². The Morgan fingerprint density at radius 3 is 2.67 bits per heavy atom. The van der Waals surface area contributed by atoms with Crippen molar-refractivity contribution in [1.29, 1.82) is 0 Å². The number of quaternary nitrogens is 1. The summed E-state index contributed by atoms with van der Waals surface area (Å²) in [5.41, 5.74) is 1.17. The molecule has 2 fully saturated rings. The van der Waals surface area contributed by atoms with Crippen molar-refractivity contribution in [1.82, 2.24) is 5.32 Å². The Balaban J connectivity index is 1.53. The summed E-state index contributed by atoms with van der Waals surface area (Å²) in [6, 6.07) is 8.65. The van der Waals surface area contributed by atoms with Gasteiger partial charge in [0.15, 0.2) is 6.04 Å². The SMILES string of the molecule is CCOc1ccccc1N1CC[NH+]([C@H](C)C(=O)N[C@H]2CCCC[C@@H]2C)CC1. The number of benzene rings is 1. The van der Waals surface area contributed by atoms with E-state index in [1.807, 2.05) is 19.1 Å². The van der Waals surface area contributed by atoms with Crippen molar-refractivity contribution in [2.24, 2.45) is 5.92 Å². The van der Waals surface area contributed by atoms with Crippen LogP contribution in [0.15, 0.2) is 24.3 Å². The highest BCUT2D eigenvalue weighted by atomic mass is 16.5. The summed E-state index contributed by atoms with van der Waals surface area (Å²) in [7, 11) is 0. The average Bonchev–Trinajstić information content (AvgIpc) is 2.70. The van der Waals surface area contributed by atoms with E-state index in [2.05, 4.69) is 36.2 Å². The number of piperazine rings is 1. The second-order valence-electron chi connectivity index (χ2n) is 8.14. The van der Waals surface area contributed by atoms with E-state index in [-0.39, 0.29) is 11.9 Å². The molecule has 0 aromatic heterocycles. The largest absolute Gasteiger partial charge is 0.492 e. The third kappa shape index (κ3) is 4.95. The van der Waals surface area contributed by atoms with Gasteiger partial charge in [-0.1, -0.05) is 31.9 Å². The van der Waals surface area contributed by atoms with Gasteiger partial charge >= 0.3 is 0 Å². The Labute approximate surface area is 164 Å². The van der Waals surface area contributed by atoms with E-state index in [9.17, 15) is 4.79 Å². The molecule has 2 aliphatic rings. The van der Waals surface area contributed by atoms with Crippen molar-refractivity contribution in [3.05, 3.63) is 24.3 Å². The molecule has 0 bridgehead atoms. The lowest BCUT2D eigenvalue weighted by atomic mass is 9.86. The Morgan fingerprint density at radius 1 is 1.26 bits per heavy atom. The topological polar surface area (TPSA) is 46.0 Å². The van der Waals surface area contributed by atoms with Crippen LogP contribution < -0.4 is 19.9 Å². The second-order valence-corrected chi connectivity index (χ2v) is 8.14. The van der Waals surface area contributed by atoms with Crippen LogP contribution in [0.5, 0.6) is 5.75 Å². The number of rotatable bonds is 6. The maximum atomic E-state index is 12.8. The van der Waals surface area contributed by atoms with Crippen LogP contribution in [0.1, 0.15) is 46.5 Å². The Bertz CT molecular complexity index is 613. The summed E-state index contributed by atoms with van der Waals surface area (Å²) in [6.45, 7) is 10.9. The summed E-state index contributed by atoms with van der Waals surface area (Å²) in [6.07, 6.45) is 4.93. The van der Waals surface area contributed by atoms with Gasteiger partial charge in [0, 0.05) is 6.04 Å². The van der Waals surface area contributed by atoms with Crippen LogP contribution in [0.25, 0.3) is 0 Å². The van der Waals surface area contributed by atoms with Gasteiger partial charge in [0.25, 0.3) is 5.91 Å². The molecule has 150 valence electrons. The first-order valence-electron chi connectivity index (χ1n) is 10.7. The summed E-state index contributed by atoms with van der Waals surface area (Å²) in [5, 5.41) is 3.34. The highest BCUT2D eigenvalue weighted by Crippen LogP contribution is 2.28. The fourth-order valence-electron chi connectivity index (χ4n) is 4.49. The van der Waals surface area contributed by atoms with Gasteiger partial charge in [-0.25, -0.2) is 0 Å². The standard InChI is InChI=1S/C22H35N3O2/c1-4-27-21-12-8-7-11-20(21)25-15-13-24(14-16-25)18(3)22(26)23-19-10-6-5-9-17(19)2/h7-8,11-12,17-19H,4-6,9-10,13-16H2,1-3H3,(H,23,26)/p+1/t17-,18+,19-/m0/s1. The molecule has 1 saturated carbocycles. The van der Waals surface area contributed by atoms with Crippen molar-refractivity contribution < 1.29 is 14.4 Å². The fourth-order valence-corrected chi connectivity index (χ4v) is 4.49. The van der Waals surface area contributed by atoms with Gasteiger partial charge in [0.2, 0.25) is 0 Å². The third-order valence-electron chi connectivity index (χ3n) is 6.36. The first-order chi connectivity index (χ1) is 13.1. The highest BCUT2D eigenvalue weighted by molar-refractivity contribution is 5.80. The van der Waals surface area contributed by atoms with Crippen molar-refractivity contribution in [2.45, 2.75) is 58.5 Å². The zero-order chi connectivity index (χ0) is 19.2. The molecule has 3 rings (SSSR count). The van der Waals surface area contributed by atoms with Gasteiger partial charge in [0.05, 0.1) is 38.5 Å². The molecule has 5 heteroatoms. The first kappa shape index (κ1) is 20.0. The molecule has 2 N–H and O–H groups in total. The molecule has 27 heavy (non-hydrogen) atoms. The molecule has 1 heterocycles. The lowest BCUT2D eigenvalue weighted by molar-refractivity contribution is -0.914. The molecule has 0 radical (unpaired) electrons. The molecule has 1 aromatic rings. The van der Waals surface area contributed by atoms with Crippen LogP contribution in [0, 0.1) is 5.92 Å². The summed E-state index contributed by atoms with van der Waals surface area (Å²) in [4.78, 5) is 16.6. The number of para-hydroxylation sites is 2. The minimum Gasteiger partial charge on any atom is -0.492 e. The van der Waals surface area contributed by atoms with E-state index in [1.165, 1.54) is 29.8 Å². The highest BCUT2D eigenvalue weighted by Gasteiger charge is 2.32. The van der Waals surface area contributed by atoms with E-state index < -0.39 is 0 Å². The molecular weight excluding hydrogens is 338 g/mol. The van der Waals surface area contributed by atoms with Gasteiger partial charge in [-0.15, -0.1) is 0 Å². The number of amides is 1. The molecule has 1 aliphatic carbocycles. The van der Waals surface area contributed by atoms with Gasteiger partial charge in [-0.05, 0) is 44.7 Å². The van der Waals surface area contributed by atoms with Gasteiger partial charge in [-0.3, -0.25) is 4.79 Å². The van der Waals surface area contributed by atoms with E-state index in [0.29, 0.717) is 18.6 Å².